The normalized spacial score (nSPS) is 12.6. The van der Waals surface area contributed by atoms with Gasteiger partial charge in [0.1, 0.15) is 11.6 Å². The minimum Gasteiger partial charge on any atom is -0.422 e. The zero-order valence-corrected chi connectivity index (χ0v) is 18.0. The van der Waals surface area contributed by atoms with Gasteiger partial charge in [-0.2, -0.15) is 0 Å². The Kier molecular flexibility index (Phi) is 7.93. The van der Waals surface area contributed by atoms with Crippen molar-refractivity contribution in [2.24, 2.45) is 11.5 Å². The minimum absolute atomic E-state index is 0.0398. The van der Waals surface area contributed by atoms with Crippen molar-refractivity contribution in [2.75, 3.05) is 0 Å². The van der Waals surface area contributed by atoms with Crippen LogP contribution >= 0.6 is 0 Å². The molecule has 172 valence electrons. The van der Waals surface area contributed by atoms with E-state index in [0.717, 1.165) is 10.9 Å². The summed E-state index contributed by atoms with van der Waals surface area (Å²) >= 11 is 0. The monoisotopic (exact) mass is 450 g/mol. The number of primary amides is 1. The third-order valence-electron chi connectivity index (χ3n) is 5.12. The third-order valence-corrected chi connectivity index (χ3v) is 5.12. The van der Waals surface area contributed by atoms with Gasteiger partial charge in [-0.3, -0.25) is 14.4 Å². The molecule has 1 heterocycles. The van der Waals surface area contributed by atoms with E-state index in [1.165, 1.54) is 0 Å². The van der Waals surface area contributed by atoms with Crippen molar-refractivity contribution in [3.05, 3.63) is 82.2 Å². The molecular weight excluding hydrogens is 424 g/mol. The lowest BCUT2D eigenvalue weighted by Crippen LogP contribution is -2.52. The summed E-state index contributed by atoms with van der Waals surface area (Å²) in [6, 6.07) is 16.0. The molecule has 9 nitrogen and oxygen atoms in total. The summed E-state index contributed by atoms with van der Waals surface area (Å²) in [4.78, 5) is 48.7. The smallest absolute Gasteiger partial charge is 0.341 e. The highest BCUT2D eigenvalue weighted by atomic mass is 16.4. The highest BCUT2D eigenvalue weighted by Crippen LogP contribution is 2.12. The Morgan fingerprint density at radius 2 is 1.67 bits per heavy atom. The molecule has 2 aromatic carbocycles. The largest absolute Gasteiger partial charge is 0.422 e. The standard InChI is InChI=1S/C24H26N4O5/c25-18(10-11-21(26)29)22(30)28-19(12-15-6-2-1-3-7-15)23(31)27-14-17-13-16-8-4-5-9-20(16)33-24(17)32/h1-9,13,18-19H,10-12,14,25H2,(H2,26,29)(H,27,31)(H,28,30)/t18-,19-/m0/s1. The lowest BCUT2D eigenvalue weighted by Gasteiger charge is -2.21. The van der Waals surface area contributed by atoms with Crippen molar-refractivity contribution in [1.29, 1.82) is 0 Å². The van der Waals surface area contributed by atoms with Crippen molar-refractivity contribution in [2.45, 2.75) is 37.9 Å². The molecule has 0 unspecified atom stereocenters. The first-order chi connectivity index (χ1) is 15.8. The molecule has 1 aromatic heterocycles. The number of benzene rings is 2. The van der Waals surface area contributed by atoms with Crippen molar-refractivity contribution in [3.8, 4) is 0 Å². The van der Waals surface area contributed by atoms with Crippen LogP contribution in [0.2, 0.25) is 0 Å². The van der Waals surface area contributed by atoms with Crippen LogP contribution in [0.5, 0.6) is 0 Å². The van der Waals surface area contributed by atoms with Crippen LogP contribution in [0.15, 0.2) is 69.9 Å². The van der Waals surface area contributed by atoms with E-state index in [1.54, 1.807) is 24.3 Å². The second kappa shape index (κ2) is 11.1. The summed E-state index contributed by atoms with van der Waals surface area (Å²) in [7, 11) is 0. The Morgan fingerprint density at radius 1 is 0.970 bits per heavy atom. The fraction of sp³-hybridized carbons (Fsp3) is 0.250. The van der Waals surface area contributed by atoms with Crippen molar-refractivity contribution < 1.29 is 18.8 Å². The quantitative estimate of drug-likeness (QED) is 0.333. The van der Waals surface area contributed by atoms with Crippen molar-refractivity contribution in [1.82, 2.24) is 10.6 Å². The first-order valence-electron chi connectivity index (χ1n) is 10.5. The van der Waals surface area contributed by atoms with Gasteiger partial charge in [-0.1, -0.05) is 48.5 Å². The number of nitrogens with two attached hydrogens (primary N) is 2. The molecule has 0 spiro atoms. The number of rotatable bonds is 10. The van der Waals surface area contributed by atoms with Gasteiger partial charge in [0.15, 0.2) is 0 Å². The predicted octanol–water partition coefficient (Wildman–Crippen LogP) is 0.730. The van der Waals surface area contributed by atoms with Crippen LogP contribution in [0.4, 0.5) is 0 Å². The summed E-state index contributed by atoms with van der Waals surface area (Å²) in [5.41, 5.74) is 12.0. The second-order valence-electron chi connectivity index (χ2n) is 7.68. The van der Waals surface area contributed by atoms with Crippen LogP contribution in [-0.4, -0.2) is 29.8 Å². The molecule has 3 amide bonds. The minimum atomic E-state index is -0.990. The molecule has 3 rings (SSSR count). The summed E-state index contributed by atoms with van der Waals surface area (Å²) in [5.74, 6) is -1.62. The van der Waals surface area contributed by atoms with E-state index in [0.29, 0.717) is 5.58 Å². The fourth-order valence-electron chi connectivity index (χ4n) is 3.30. The van der Waals surface area contributed by atoms with Gasteiger partial charge >= 0.3 is 5.63 Å². The summed E-state index contributed by atoms with van der Waals surface area (Å²) in [5, 5.41) is 6.06. The number of hydrogen-bond donors (Lipinski definition) is 4. The number of carbonyl (C=O) groups excluding carboxylic acids is 3. The van der Waals surface area contributed by atoms with E-state index in [1.807, 2.05) is 36.4 Å². The van der Waals surface area contributed by atoms with E-state index in [2.05, 4.69) is 10.6 Å². The first-order valence-corrected chi connectivity index (χ1v) is 10.5. The Labute approximate surface area is 190 Å². The van der Waals surface area contributed by atoms with E-state index < -0.39 is 35.4 Å². The molecule has 0 aliphatic rings. The van der Waals surface area contributed by atoms with Crippen LogP contribution in [0.1, 0.15) is 24.0 Å². The molecule has 0 aliphatic carbocycles. The van der Waals surface area contributed by atoms with Crippen molar-refractivity contribution >= 4 is 28.7 Å². The Balaban J connectivity index is 1.71. The van der Waals surface area contributed by atoms with Gasteiger partial charge in [0, 0.05) is 18.2 Å². The molecule has 6 N–H and O–H groups in total. The number of hydrogen-bond acceptors (Lipinski definition) is 6. The topological polar surface area (TPSA) is 158 Å². The zero-order chi connectivity index (χ0) is 23.8. The molecule has 9 heteroatoms. The maximum atomic E-state index is 12.9. The van der Waals surface area contributed by atoms with E-state index in [4.69, 9.17) is 15.9 Å². The predicted molar refractivity (Wildman–Crippen MR) is 123 cm³/mol. The molecule has 0 aliphatic heterocycles. The molecular formula is C24H26N4O5. The molecule has 0 radical (unpaired) electrons. The highest BCUT2D eigenvalue weighted by Gasteiger charge is 2.24. The first kappa shape index (κ1) is 23.7. The zero-order valence-electron chi connectivity index (χ0n) is 18.0. The van der Waals surface area contributed by atoms with Gasteiger partial charge in [-0.15, -0.1) is 0 Å². The Morgan fingerprint density at radius 3 is 2.39 bits per heavy atom. The SMILES string of the molecule is NC(=O)CC[C@H](N)C(=O)N[C@@H](Cc1ccccc1)C(=O)NCc1cc2ccccc2oc1=O. The average Bonchev–Trinajstić information content (AvgIpc) is 2.81. The summed E-state index contributed by atoms with van der Waals surface area (Å²) < 4.78 is 5.29. The molecule has 0 saturated carbocycles. The average molecular weight is 450 g/mol. The van der Waals surface area contributed by atoms with Crippen LogP contribution in [0, 0.1) is 0 Å². The van der Waals surface area contributed by atoms with Gasteiger partial charge < -0.3 is 26.5 Å². The highest BCUT2D eigenvalue weighted by molar-refractivity contribution is 5.90. The third kappa shape index (κ3) is 6.75. The number of amides is 3. The lowest BCUT2D eigenvalue weighted by molar-refractivity contribution is -0.130. The van der Waals surface area contributed by atoms with Gasteiger partial charge in [-0.05, 0) is 24.1 Å². The van der Waals surface area contributed by atoms with Gasteiger partial charge in [-0.25, -0.2) is 4.79 Å². The van der Waals surface area contributed by atoms with E-state index in [-0.39, 0.29) is 31.4 Å². The Hall–Kier alpha value is -3.98. The molecule has 0 bridgehead atoms. The van der Waals surface area contributed by atoms with Gasteiger partial charge in [0.25, 0.3) is 0 Å². The number of fused-ring (bicyclic) bond motifs is 1. The summed E-state index contributed by atoms with van der Waals surface area (Å²) in [6.45, 7) is -0.0686. The molecule has 2 atom stereocenters. The fourth-order valence-corrected chi connectivity index (χ4v) is 3.30. The molecule has 33 heavy (non-hydrogen) atoms. The van der Waals surface area contributed by atoms with Crippen molar-refractivity contribution in [3.63, 3.8) is 0 Å². The number of carbonyl (C=O) groups is 3. The van der Waals surface area contributed by atoms with Gasteiger partial charge in [0.2, 0.25) is 17.7 Å². The number of nitrogens with one attached hydrogen (secondary N) is 2. The van der Waals surface area contributed by atoms with Gasteiger partial charge in [0.05, 0.1) is 18.2 Å². The van der Waals surface area contributed by atoms with Crippen LogP contribution in [0.25, 0.3) is 11.0 Å². The number of para-hydroxylation sites is 1. The van der Waals surface area contributed by atoms with E-state index >= 15 is 0 Å². The molecule has 0 saturated heterocycles. The molecule has 0 fully saturated rings. The lowest BCUT2D eigenvalue weighted by atomic mass is 10.0. The van der Waals surface area contributed by atoms with E-state index in [9.17, 15) is 19.2 Å². The Bertz CT molecular complexity index is 1190. The van der Waals surface area contributed by atoms with Crippen LogP contribution < -0.4 is 27.7 Å². The second-order valence-corrected chi connectivity index (χ2v) is 7.68. The van der Waals surface area contributed by atoms with Crippen LogP contribution in [-0.2, 0) is 27.3 Å². The summed E-state index contributed by atoms with van der Waals surface area (Å²) in [6.07, 6.45) is 0.244. The maximum Gasteiger partial charge on any atom is 0.341 e. The molecule has 3 aromatic rings. The van der Waals surface area contributed by atoms with Crippen LogP contribution in [0.3, 0.4) is 0 Å². The maximum absolute atomic E-state index is 12.9.